The number of hydrogen-bond acceptors (Lipinski definition) is 3. The van der Waals surface area contributed by atoms with Crippen molar-refractivity contribution in [3.8, 4) is 0 Å². The SMILES string of the molecule is CCc1ccsc1Cn1c(=S)[nH]c2c(CC)nn(C)c21. The van der Waals surface area contributed by atoms with Crippen molar-refractivity contribution >= 4 is 34.7 Å². The van der Waals surface area contributed by atoms with Crippen LogP contribution in [-0.2, 0) is 26.4 Å². The largest absolute Gasteiger partial charge is 0.328 e. The van der Waals surface area contributed by atoms with Crippen LogP contribution in [0.15, 0.2) is 11.4 Å². The number of imidazole rings is 1. The molecule has 0 aliphatic rings. The van der Waals surface area contributed by atoms with Crippen molar-refractivity contribution in [3.05, 3.63) is 32.4 Å². The van der Waals surface area contributed by atoms with Gasteiger partial charge in [0.1, 0.15) is 5.52 Å². The number of aromatic amines is 1. The maximum atomic E-state index is 5.50. The number of nitrogens with one attached hydrogen (secondary N) is 1. The van der Waals surface area contributed by atoms with Crippen LogP contribution in [0.1, 0.15) is 30.0 Å². The van der Waals surface area contributed by atoms with Crippen LogP contribution in [0.3, 0.4) is 0 Å². The molecule has 0 amide bonds. The Morgan fingerprint density at radius 3 is 2.85 bits per heavy atom. The van der Waals surface area contributed by atoms with Gasteiger partial charge in [-0.2, -0.15) is 5.10 Å². The van der Waals surface area contributed by atoms with Gasteiger partial charge in [-0.3, -0.25) is 9.25 Å². The standard InChI is InChI=1S/C14H18N4S2/c1-4-9-6-7-20-11(9)8-18-13-12(15-14(18)19)10(5-2)16-17(13)3/h6-7H,4-5,8H2,1-3H3,(H,15,19). The fourth-order valence-corrected chi connectivity index (χ4v) is 3.85. The van der Waals surface area contributed by atoms with Crippen molar-refractivity contribution < 1.29 is 0 Å². The van der Waals surface area contributed by atoms with Crippen LogP contribution < -0.4 is 0 Å². The van der Waals surface area contributed by atoms with Gasteiger partial charge in [0.15, 0.2) is 10.4 Å². The van der Waals surface area contributed by atoms with Crippen LogP contribution in [0.2, 0.25) is 0 Å². The Balaban J connectivity index is 2.14. The molecule has 0 saturated heterocycles. The molecule has 0 aliphatic heterocycles. The summed E-state index contributed by atoms with van der Waals surface area (Å²) in [5.41, 5.74) is 4.65. The highest BCUT2D eigenvalue weighted by Gasteiger charge is 2.15. The van der Waals surface area contributed by atoms with E-state index in [1.807, 2.05) is 11.7 Å². The molecule has 0 aliphatic carbocycles. The van der Waals surface area contributed by atoms with Gasteiger partial charge in [-0.25, -0.2) is 0 Å². The zero-order valence-electron chi connectivity index (χ0n) is 11.9. The average Bonchev–Trinajstić information content (AvgIpc) is 3.08. The van der Waals surface area contributed by atoms with Gasteiger partial charge in [0.25, 0.3) is 0 Å². The van der Waals surface area contributed by atoms with Crippen molar-refractivity contribution in [1.29, 1.82) is 0 Å². The Morgan fingerprint density at radius 2 is 2.15 bits per heavy atom. The minimum Gasteiger partial charge on any atom is -0.328 e. The van der Waals surface area contributed by atoms with Crippen LogP contribution in [0, 0.1) is 4.77 Å². The van der Waals surface area contributed by atoms with Crippen LogP contribution in [-0.4, -0.2) is 19.3 Å². The van der Waals surface area contributed by atoms with Gasteiger partial charge in [0.2, 0.25) is 0 Å². The first kappa shape index (κ1) is 13.6. The minimum atomic E-state index is 0.776. The molecule has 3 aromatic rings. The maximum absolute atomic E-state index is 5.50. The molecule has 0 fully saturated rings. The number of fused-ring (bicyclic) bond motifs is 1. The van der Waals surface area contributed by atoms with Crippen molar-refractivity contribution in [2.45, 2.75) is 33.2 Å². The normalized spacial score (nSPS) is 11.6. The Bertz CT molecular complexity index is 803. The van der Waals surface area contributed by atoms with Crippen LogP contribution in [0.25, 0.3) is 11.2 Å². The molecule has 0 aromatic carbocycles. The van der Waals surface area contributed by atoms with Gasteiger partial charge in [0, 0.05) is 11.9 Å². The third-order valence-electron chi connectivity index (χ3n) is 3.68. The van der Waals surface area contributed by atoms with Gasteiger partial charge in [0.05, 0.1) is 12.2 Å². The van der Waals surface area contributed by atoms with Crippen molar-refractivity contribution in [2.75, 3.05) is 0 Å². The summed E-state index contributed by atoms with van der Waals surface area (Å²) < 4.78 is 4.86. The number of aromatic nitrogens is 4. The zero-order valence-corrected chi connectivity index (χ0v) is 13.6. The molecule has 0 saturated carbocycles. The van der Waals surface area contributed by atoms with E-state index in [0.29, 0.717) is 0 Å². The van der Waals surface area contributed by atoms with E-state index in [1.165, 1.54) is 10.4 Å². The first-order chi connectivity index (χ1) is 9.65. The molecule has 106 valence electrons. The quantitative estimate of drug-likeness (QED) is 0.747. The van der Waals surface area contributed by atoms with E-state index < -0.39 is 0 Å². The average molecular weight is 306 g/mol. The lowest BCUT2D eigenvalue weighted by Gasteiger charge is -2.05. The molecule has 0 atom stereocenters. The van der Waals surface area contributed by atoms with E-state index in [1.54, 1.807) is 11.3 Å². The summed E-state index contributed by atoms with van der Waals surface area (Å²) >= 11 is 7.29. The molecule has 0 unspecified atom stereocenters. The monoisotopic (exact) mass is 306 g/mol. The maximum Gasteiger partial charge on any atom is 0.179 e. The molecular formula is C14H18N4S2. The van der Waals surface area contributed by atoms with E-state index in [4.69, 9.17) is 12.2 Å². The summed E-state index contributed by atoms with van der Waals surface area (Å²) in [6.45, 7) is 5.13. The Kier molecular flexibility index (Phi) is 3.52. The number of H-pyrrole nitrogens is 1. The Hall–Kier alpha value is -1.40. The van der Waals surface area contributed by atoms with E-state index in [9.17, 15) is 0 Å². The van der Waals surface area contributed by atoms with Crippen LogP contribution in [0.4, 0.5) is 0 Å². The topological polar surface area (TPSA) is 38.5 Å². The highest BCUT2D eigenvalue weighted by Crippen LogP contribution is 2.23. The predicted octanol–water partition coefficient (Wildman–Crippen LogP) is 3.67. The first-order valence-electron chi connectivity index (χ1n) is 6.85. The van der Waals surface area contributed by atoms with E-state index in [0.717, 1.165) is 41.0 Å². The molecule has 0 bridgehead atoms. The van der Waals surface area contributed by atoms with E-state index >= 15 is 0 Å². The van der Waals surface area contributed by atoms with Crippen LogP contribution in [0.5, 0.6) is 0 Å². The second-order valence-corrected chi connectivity index (χ2v) is 6.25. The minimum absolute atomic E-state index is 0.776. The van der Waals surface area contributed by atoms with Crippen molar-refractivity contribution in [1.82, 2.24) is 19.3 Å². The van der Waals surface area contributed by atoms with Crippen molar-refractivity contribution in [3.63, 3.8) is 0 Å². The predicted molar refractivity (Wildman–Crippen MR) is 86.1 cm³/mol. The van der Waals surface area contributed by atoms with Gasteiger partial charge in [-0.1, -0.05) is 13.8 Å². The lowest BCUT2D eigenvalue weighted by Crippen LogP contribution is -2.04. The molecule has 4 nitrogen and oxygen atoms in total. The van der Waals surface area contributed by atoms with Crippen LogP contribution >= 0.6 is 23.6 Å². The Labute approximate surface area is 127 Å². The molecule has 0 spiro atoms. The van der Waals surface area contributed by atoms with E-state index in [2.05, 4.69) is 39.9 Å². The van der Waals surface area contributed by atoms with Gasteiger partial charge in [-0.05, 0) is 42.1 Å². The van der Waals surface area contributed by atoms with Gasteiger partial charge >= 0.3 is 0 Å². The van der Waals surface area contributed by atoms with E-state index in [-0.39, 0.29) is 0 Å². The molecule has 3 aromatic heterocycles. The number of aryl methyl sites for hydroxylation is 3. The van der Waals surface area contributed by atoms with Crippen molar-refractivity contribution in [2.24, 2.45) is 7.05 Å². The second kappa shape index (κ2) is 5.18. The third-order valence-corrected chi connectivity index (χ3v) is 4.95. The summed E-state index contributed by atoms with van der Waals surface area (Å²) in [4.78, 5) is 4.69. The summed E-state index contributed by atoms with van der Waals surface area (Å²) in [6, 6.07) is 2.20. The number of thiophene rings is 1. The lowest BCUT2D eigenvalue weighted by atomic mass is 10.2. The first-order valence-corrected chi connectivity index (χ1v) is 8.14. The highest BCUT2D eigenvalue weighted by molar-refractivity contribution is 7.71. The molecule has 3 heterocycles. The number of rotatable bonds is 4. The summed E-state index contributed by atoms with van der Waals surface area (Å²) in [6.07, 6.45) is 1.97. The smallest absolute Gasteiger partial charge is 0.179 e. The summed E-state index contributed by atoms with van der Waals surface area (Å²) in [5.74, 6) is 0. The fourth-order valence-electron chi connectivity index (χ4n) is 2.64. The molecule has 6 heteroatoms. The molecular weight excluding hydrogens is 288 g/mol. The summed E-state index contributed by atoms with van der Waals surface area (Å²) in [7, 11) is 1.98. The number of nitrogens with zero attached hydrogens (tertiary/aromatic N) is 3. The van der Waals surface area contributed by atoms with Gasteiger partial charge < -0.3 is 4.98 Å². The molecule has 20 heavy (non-hydrogen) atoms. The molecule has 3 rings (SSSR count). The van der Waals surface area contributed by atoms with Gasteiger partial charge in [-0.15, -0.1) is 11.3 Å². The Morgan fingerprint density at radius 1 is 1.35 bits per heavy atom. The molecule has 1 N–H and O–H groups in total. The second-order valence-electron chi connectivity index (χ2n) is 4.86. The highest BCUT2D eigenvalue weighted by atomic mass is 32.1. The third kappa shape index (κ3) is 2.03. The zero-order chi connectivity index (χ0) is 14.3. The molecule has 0 radical (unpaired) electrons. The summed E-state index contributed by atoms with van der Waals surface area (Å²) in [5, 5.41) is 6.72. The lowest BCUT2D eigenvalue weighted by molar-refractivity contribution is 0.711. The number of hydrogen-bond donors (Lipinski definition) is 1. The fraction of sp³-hybridized carbons (Fsp3) is 0.429.